The summed E-state index contributed by atoms with van der Waals surface area (Å²) in [5, 5.41) is 2.67. The first-order valence-electron chi connectivity index (χ1n) is 11.9. The number of amides is 2. The van der Waals surface area contributed by atoms with Crippen molar-refractivity contribution in [1.82, 2.24) is 4.98 Å². The molecule has 0 bridgehead atoms. The highest BCUT2D eigenvalue weighted by Gasteiger charge is 2.30. The van der Waals surface area contributed by atoms with E-state index >= 15 is 0 Å². The number of aromatic nitrogens is 1. The fourth-order valence-electron chi connectivity index (χ4n) is 3.66. The third-order valence-electron chi connectivity index (χ3n) is 5.42. The molecule has 2 heterocycles. The van der Waals surface area contributed by atoms with Crippen molar-refractivity contribution in [3.63, 3.8) is 0 Å². The number of nitrogens with two attached hydrogens (primary N) is 1. The van der Waals surface area contributed by atoms with Crippen LogP contribution in [0.25, 0.3) is 11.0 Å². The molecular weight excluding hydrogens is 527 g/mol. The van der Waals surface area contributed by atoms with Gasteiger partial charge in [0.1, 0.15) is 11.5 Å². The zero-order valence-electron chi connectivity index (χ0n) is 21.1. The van der Waals surface area contributed by atoms with Gasteiger partial charge in [0.15, 0.2) is 11.3 Å². The summed E-state index contributed by atoms with van der Waals surface area (Å²) >= 11 is 6.03. The summed E-state index contributed by atoms with van der Waals surface area (Å²) in [6.45, 7) is 3.83. The van der Waals surface area contributed by atoms with Crippen LogP contribution >= 0.6 is 11.6 Å². The number of rotatable bonds is 6. The average Bonchev–Trinajstić information content (AvgIpc) is 3.28. The molecule has 200 valence electrons. The minimum atomic E-state index is -0.820. The molecule has 0 saturated carbocycles. The van der Waals surface area contributed by atoms with Gasteiger partial charge in [-0.15, -0.1) is 0 Å². The van der Waals surface area contributed by atoms with Crippen molar-refractivity contribution in [1.29, 1.82) is 0 Å². The summed E-state index contributed by atoms with van der Waals surface area (Å²) in [5.74, 6) is 5.18. The molecule has 0 aliphatic carbocycles. The highest BCUT2D eigenvalue weighted by molar-refractivity contribution is 6.31. The van der Waals surface area contributed by atoms with Crippen molar-refractivity contribution in [3.05, 3.63) is 82.4 Å². The number of hydrogen-bond acceptors (Lipinski definition) is 7. The molecule has 3 N–H and O–H groups in total. The van der Waals surface area contributed by atoms with Crippen molar-refractivity contribution in [2.45, 2.75) is 20.4 Å². The van der Waals surface area contributed by atoms with E-state index in [9.17, 15) is 14.0 Å². The van der Waals surface area contributed by atoms with E-state index in [-0.39, 0.29) is 46.8 Å². The molecule has 0 spiro atoms. The third kappa shape index (κ3) is 6.12. The zero-order valence-corrected chi connectivity index (χ0v) is 21.8. The van der Waals surface area contributed by atoms with Gasteiger partial charge < -0.3 is 19.6 Å². The van der Waals surface area contributed by atoms with E-state index < -0.39 is 18.0 Å². The molecule has 0 atom stereocenters. The van der Waals surface area contributed by atoms with Crippen LogP contribution in [0, 0.1) is 17.7 Å². The second-order valence-electron chi connectivity index (χ2n) is 7.95. The number of halogens is 2. The summed E-state index contributed by atoms with van der Waals surface area (Å²) in [4.78, 5) is 31.1. The van der Waals surface area contributed by atoms with Gasteiger partial charge in [-0.3, -0.25) is 5.32 Å². The Morgan fingerprint density at radius 2 is 1.85 bits per heavy atom. The number of fused-ring (bicyclic) bond motifs is 1. The molecule has 0 unspecified atom stereocenters. The summed E-state index contributed by atoms with van der Waals surface area (Å²) in [6.07, 6.45) is -0.156. The molecule has 2 amide bonds. The Labute approximate surface area is 228 Å². The lowest BCUT2D eigenvalue weighted by Gasteiger charge is -2.22. The van der Waals surface area contributed by atoms with Gasteiger partial charge in [0.05, 0.1) is 29.3 Å². The van der Waals surface area contributed by atoms with Crippen LogP contribution in [0.2, 0.25) is 5.02 Å². The largest absolute Gasteiger partial charge is 0.450 e. The number of benzene rings is 2. The summed E-state index contributed by atoms with van der Waals surface area (Å²) in [7, 11) is 0. The van der Waals surface area contributed by atoms with Gasteiger partial charge in [0.2, 0.25) is 5.88 Å². The van der Waals surface area contributed by atoms with Crippen LogP contribution in [0.5, 0.6) is 0 Å². The first kappa shape index (κ1) is 27.4. The fraction of sp³-hybridized carbons (Fsp3) is 0.179. The maximum atomic E-state index is 14.0. The van der Waals surface area contributed by atoms with Crippen molar-refractivity contribution >= 4 is 52.0 Å². The molecule has 0 saturated heterocycles. The molecule has 11 heteroatoms. The lowest BCUT2D eigenvalue weighted by Crippen LogP contribution is -2.28. The number of furan rings is 1. The van der Waals surface area contributed by atoms with Gasteiger partial charge in [-0.1, -0.05) is 29.7 Å². The number of carbonyl (C=O) groups excluding carboxylic acids is 2. The summed E-state index contributed by atoms with van der Waals surface area (Å²) in [5.41, 5.74) is 8.04. The second-order valence-corrected chi connectivity index (χ2v) is 8.35. The molecule has 0 radical (unpaired) electrons. The van der Waals surface area contributed by atoms with Gasteiger partial charge in [0, 0.05) is 18.3 Å². The Morgan fingerprint density at radius 1 is 1.10 bits per heavy atom. The molecular formula is C28H24ClFN4O5. The minimum Gasteiger partial charge on any atom is -0.450 e. The lowest BCUT2D eigenvalue weighted by molar-refractivity contribution is 0.162. The standard InChI is InChI=1S/C28H24ClFN4O5/c1-3-37-27(35)33-26-24(34(28(36)38-4-2)19-10-11-22(30)21(29)15-19)20-13-14-32-23(25(20)39-26)12-9-17-5-7-18(16-31)8-6-17/h5-8,10-11,13-15H,3-4,16,31H2,1-2H3,(H,33,35). The third-order valence-corrected chi connectivity index (χ3v) is 5.71. The Morgan fingerprint density at radius 3 is 2.51 bits per heavy atom. The topological polar surface area (TPSA) is 120 Å². The van der Waals surface area contributed by atoms with Crippen molar-refractivity contribution in [3.8, 4) is 11.8 Å². The Balaban J connectivity index is 1.91. The van der Waals surface area contributed by atoms with Crippen molar-refractivity contribution < 1.29 is 27.9 Å². The molecule has 4 aromatic rings. The average molecular weight is 551 g/mol. The monoisotopic (exact) mass is 550 g/mol. The Bertz CT molecular complexity index is 1580. The van der Waals surface area contributed by atoms with E-state index in [2.05, 4.69) is 22.1 Å². The summed E-state index contributed by atoms with van der Waals surface area (Å²) < 4.78 is 30.3. The molecule has 9 nitrogen and oxygen atoms in total. The highest BCUT2D eigenvalue weighted by atomic mass is 35.5. The number of hydrogen-bond donors (Lipinski definition) is 2. The van der Waals surface area contributed by atoms with Crippen molar-refractivity contribution in [2.75, 3.05) is 23.4 Å². The molecule has 0 aliphatic heterocycles. The van der Waals surface area contributed by atoms with Gasteiger partial charge in [0.25, 0.3) is 0 Å². The number of anilines is 3. The predicted molar refractivity (Wildman–Crippen MR) is 146 cm³/mol. The second kappa shape index (κ2) is 12.3. The molecule has 39 heavy (non-hydrogen) atoms. The quantitative estimate of drug-likeness (QED) is 0.269. The van der Waals surface area contributed by atoms with Gasteiger partial charge in [-0.05, 0) is 61.7 Å². The lowest BCUT2D eigenvalue weighted by atomic mass is 10.1. The van der Waals surface area contributed by atoms with E-state index in [0.717, 1.165) is 22.1 Å². The number of nitrogens with zero attached hydrogens (tertiary/aromatic N) is 2. The van der Waals surface area contributed by atoms with E-state index in [4.69, 9.17) is 31.2 Å². The van der Waals surface area contributed by atoms with Crippen LogP contribution in [0.1, 0.15) is 30.7 Å². The van der Waals surface area contributed by atoms with Gasteiger partial charge >= 0.3 is 12.2 Å². The van der Waals surface area contributed by atoms with Crippen LogP contribution in [0.15, 0.2) is 59.1 Å². The maximum absolute atomic E-state index is 14.0. The first-order valence-corrected chi connectivity index (χ1v) is 12.3. The molecule has 2 aromatic carbocycles. The molecule has 2 aromatic heterocycles. The fourth-order valence-corrected chi connectivity index (χ4v) is 3.83. The van der Waals surface area contributed by atoms with E-state index in [1.165, 1.54) is 18.3 Å². The number of nitrogens with one attached hydrogen (secondary N) is 1. The summed E-state index contributed by atoms with van der Waals surface area (Å²) in [6, 6.07) is 12.7. The zero-order chi connectivity index (χ0) is 27.9. The molecule has 0 aliphatic rings. The van der Waals surface area contributed by atoms with E-state index in [0.29, 0.717) is 11.9 Å². The van der Waals surface area contributed by atoms with Crippen molar-refractivity contribution in [2.24, 2.45) is 5.73 Å². The molecule has 4 rings (SSSR count). The van der Waals surface area contributed by atoms with Crippen LogP contribution in [-0.2, 0) is 16.0 Å². The van der Waals surface area contributed by atoms with Gasteiger partial charge in [-0.2, -0.15) is 0 Å². The smallest absolute Gasteiger partial charge is 0.419 e. The van der Waals surface area contributed by atoms with E-state index in [1.54, 1.807) is 19.9 Å². The first-order chi connectivity index (χ1) is 18.9. The van der Waals surface area contributed by atoms with Crippen LogP contribution in [-0.4, -0.2) is 30.4 Å². The Kier molecular flexibility index (Phi) is 8.66. The van der Waals surface area contributed by atoms with Gasteiger partial charge in [-0.25, -0.2) is 23.9 Å². The maximum Gasteiger partial charge on any atom is 0.419 e. The predicted octanol–water partition coefficient (Wildman–Crippen LogP) is 6.34. The Hall–Kier alpha value is -4.59. The number of carbonyl (C=O) groups is 2. The van der Waals surface area contributed by atoms with E-state index in [1.807, 2.05) is 24.3 Å². The number of ether oxygens (including phenoxy) is 2. The SMILES string of the molecule is CCOC(=O)Nc1oc2c(C#Cc3ccc(CN)cc3)nccc2c1N(C(=O)OCC)c1ccc(F)c(Cl)c1. The normalized spacial score (nSPS) is 10.5. The molecule has 0 fully saturated rings. The van der Waals surface area contributed by atoms with Crippen LogP contribution in [0.3, 0.4) is 0 Å². The minimum absolute atomic E-state index is 0.0436. The van der Waals surface area contributed by atoms with Crippen LogP contribution in [0.4, 0.5) is 31.2 Å². The highest BCUT2D eigenvalue weighted by Crippen LogP contribution is 2.43. The number of pyridine rings is 1. The van der Waals surface area contributed by atoms with Crippen LogP contribution < -0.4 is 16.0 Å².